The molecule has 1 N–H and O–H groups in total. The van der Waals surface area contributed by atoms with Crippen LogP contribution in [0, 0.1) is 6.92 Å². The van der Waals surface area contributed by atoms with Crippen LogP contribution in [0.25, 0.3) is 11.2 Å². The third kappa shape index (κ3) is 5.20. The molecule has 0 fully saturated rings. The summed E-state index contributed by atoms with van der Waals surface area (Å²) in [5.41, 5.74) is 3.10. The maximum absolute atomic E-state index is 12.2. The largest absolute Gasteiger partial charge is 0.364 e. The number of nitrogens with zero attached hydrogens (tertiary/aromatic N) is 4. The molecular formula is C18H23N4O4P. The van der Waals surface area contributed by atoms with E-state index in [0.29, 0.717) is 13.0 Å². The standard InChI is InChI=1S/C18H23N4O4P/c1-3-16(9-22-12-21-17-14(2)19-11-20-18(17)22)25-13-27(23,24)26-10-15-7-5-4-6-8-15/h4-8,11-12,16H,3,9-10,13H2,1-2H3,(H,23,24)/t16-/m1/s1. The SMILES string of the molecule is CC[C@H](Cn1cnc2c(C)ncnc21)OCP(=O)(O)OCc1ccccc1. The smallest absolute Gasteiger partial charge is 0.353 e. The van der Waals surface area contributed by atoms with Crippen molar-refractivity contribution in [1.29, 1.82) is 0 Å². The third-order valence-corrected chi connectivity index (χ3v) is 5.20. The van der Waals surface area contributed by atoms with Crippen molar-refractivity contribution in [3.05, 3.63) is 54.2 Å². The molecule has 0 bridgehead atoms. The molecule has 0 aliphatic rings. The van der Waals surface area contributed by atoms with E-state index in [-0.39, 0.29) is 19.1 Å². The second kappa shape index (κ2) is 8.71. The Balaban J connectivity index is 1.58. The fraction of sp³-hybridized carbons (Fsp3) is 0.389. The molecule has 2 heterocycles. The highest BCUT2D eigenvalue weighted by molar-refractivity contribution is 7.52. The second-order valence-corrected chi connectivity index (χ2v) is 8.04. The van der Waals surface area contributed by atoms with E-state index in [1.54, 1.807) is 6.33 Å². The van der Waals surface area contributed by atoms with Gasteiger partial charge in [0.15, 0.2) is 5.65 Å². The fourth-order valence-electron chi connectivity index (χ4n) is 2.64. The summed E-state index contributed by atoms with van der Waals surface area (Å²) in [6.45, 7) is 4.37. The molecule has 3 rings (SSSR count). The van der Waals surface area contributed by atoms with Gasteiger partial charge in [-0.3, -0.25) is 4.57 Å². The average Bonchev–Trinajstić information content (AvgIpc) is 3.09. The number of aryl methyl sites for hydroxylation is 1. The van der Waals surface area contributed by atoms with Crippen molar-refractivity contribution >= 4 is 18.8 Å². The van der Waals surface area contributed by atoms with Crippen LogP contribution < -0.4 is 0 Å². The van der Waals surface area contributed by atoms with Gasteiger partial charge in [0, 0.05) is 0 Å². The summed E-state index contributed by atoms with van der Waals surface area (Å²) in [6.07, 6.45) is 3.22. The van der Waals surface area contributed by atoms with Crippen molar-refractivity contribution in [2.24, 2.45) is 0 Å². The van der Waals surface area contributed by atoms with Crippen molar-refractivity contribution in [3.63, 3.8) is 0 Å². The maximum atomic E-state index is 12.2. The normalized spacial score (nSPS) is 14.9. The van der Waals surface area contributed by atoms with Crippen LogP contribution in [0.15, 0.2) is 43.0 Å². The highest BCUT2D eigenvalue weighted by atomic mass is 31.2. The summed E-state index contributed by atoms with van der Waals surface area (Å²) in [6, 6.07) is 9.26. The van der Waals surface area contributed by atoms with E-state index in [9.17, 15) is 9.46 Å². The zero-order valence-electron chi connectivity index (χ0n) is 15.4. The Morgan fingerprint density at radius 1 is 1.22 bits per heavy atom. The first-order valence-electron chi connectivity index (χ1n) is 8.73. The van der Waals surface area contributed by atoms with Crippen molar-refractivity contribution in [1.82, 2.24) is 19.5 Å². The molecule has 0 saturated heterocycles. The van der Waals surface area contributed by atoms with Gasteiger partial charge >= 0.3 is 7.60 Å². The molecule has 1 aromatic carbocycles. The van der Waals surface area contributed by atoms with Crippen LogP contribution in [0.4, 0.5) is 0 Å². The number of hydrogen-bond acceptors (Lipinski definition) is 6. The van der Waals surface area contributed by atoms with Crippen LogP contribution in [0.5, 0.6) is 0 Å². The second-order valence-electron chi connectivity index (χ2n) is 6.25. The first kappa shape index (κ1) is 19.6. The quantitative estimate of drug-likeness (QED) is 0.560. The molecule has 9 heteroatoms. The van der Waals surface area contributed by atoms with Gasteiger partial charge in [-0.2, -0.15) is 0 Å². The molecule has 1 unspecified atom stereocenters. The van der Waals surface area contributed by atoms with Crippen LogP contribution in [0.1, 0.15) is 24.6 Å². The van der Waals surface area contributed by atoms with E-state index in [4.69, 9.17) is 9.26 Å². The third-order valence-electron chi connectivity index (χ3n) is 4.19. The van der Waals surface area contributed by atoms with Crippen molar-refractivity contribution in [2.45, 2.75) is 39.5 Å². The first-order chi connectivity index (χ1) is 13.0. The van der Waals surface area contributed by atoms with Gasteiger partial charge in [0.2, 0.25) is 0 Å². The van der Waals surface area contributed by atoms with Crippen LogP contribution in [-0.2, 0) is 27.0 Å². The zero-order chi connectivity index (χ0) is 19.3. The summed E-state index contributed by atoms with van der Waals surface area (Å²) in [5.74, 6) is 0. The molecule has 0 amide bonds. The number of rotatable bonds is 9. The lowest BCUT2D eigenvalue weighted by molar-refractivity contribution is 0.0557. The molecule has 8 nitrogen and oxygen atoms in total. The molecule has 0 saturated carbocycles. The molecule has 0 aliphatic heterocycles. The Bertz CT molecular complexity index is 932. The van der Waals surface area contributed by atoms with Crippen LogP contribution >= 0.6 is 7.60 Å². The summed E-state index contributed by atoms with van der Waals surface area (Å²) >= 11 is 0. The number of ether oxygens (including phenoxy) is 1. The minimum absolute atomic E-state index is 0.0666. The molecule has 0 spiro atoms. The number of benzene rings is 1. The van der Waals surface area contributed by atoms with Gasteiger partial charge in [-0.05, 0) is 18.9 Å². The van der Waals surface area contributed by atoms with E-state index in [2.05, 4.69) is 15.0 Å². The predicted octanol–water partition coefficient (Wildman–Crippen LogP) is 3.29. The highest BCUT2D eigenvalue weighted by Gasteiger charge is 2.23. The summed E-state index contributed by atoms with van der Waals surface area (Å²) < 4.78 is 24.9. The van der Waals surface area contributed by atoms with Gasteiger partial charge in [-0.25, -0.2) is 15.0 Å². The van der Waals surface area contributed by atoms with Crippen LogP contribution in [0.2, 0.25) is 0 Å². The highest BCUT2D eigenvalue weighted by Crippen LogP contribution is 2.43. The van der Waals surface area contributed by atoms with Crippen molar-refractivity contribution in [2.75, 3.05) is 6.35 Å². The number of aromatic nitrogens is 4. The Morgan fingerprint density at radius 3 is 2.74 bits per heavy atom. The molecule has 2 atom stereocenters. The van der Waals surface area contributed by atoms with E-state index < -0.39 is 7.60 Å². The van der Waals surface area contributed by atoms with E-state index in [1.807, 2.05) is 48.7 Å². The van der Waals surface area contributed by atoms with Crippen molar-refractivity contribution < 1.29 is 18.7 Å². The number of fused-ring (bicyclic) bond motifs is 1. The maximum Gasteiger partial charge on any atom is 0.353 e. The molecule has 0 aliphatic carbocycles. The number of imidazole rings is 1. The van der Waals surface area contributed by atoms with Gasteiger partial charge in [0.25, 0.3) is 0 Å². The summed E-state index contributed by atoms with van der Waals surface area (Å²) in [4.78, 5) is 22.7. The predicted molar refractivity (Wildman–Crippen MR) is 101 cm³/mol. The van der Waals surface area contributed by atoms with E-state index in [1.165, 1.54) is 6.33 Å². The minimum Gasteiger partial charge on any atom is -0.364 e. The lowest BCUT2D eigenvalue weighted by Gasteiger charge is -2.19. The lowest BCUT2D eigenvalue weighted by Crippen LogP contribution is -2.20. The molecule has 0 radical (unpaired) electrons. The Hall–Kier alpha value is -2.12. The van der Waals surface area contributed by atoms with Gasteiger partial charge in [0.05, 0.1) is 31.3 Å². The fourth-order valence-corrected chi connectivity index (χ4v) is 3.46. The van der Waals surface area contributed by atoms with Crippen LogP contribution in [0.3, 0.4) is 0 Å². The Labute approximate surface area is 157 Å². The topological polar surface area (TPSA) is 99.4 Å². The zero-order valence-corrected chi connectivity index (χ0v) is 16.2. The van der Waals surface area contributed by atoms with Crippen LogP contribution in [-0.4, -0.2) is 36.9 Å². The summed E-state index contributed by atoms with van der Waals surface area (Å²) in [5, 5.41) is 0. The Morgan fingerprint density at radius 2 is 2.00 bits per heavy atom. The van der Waals surface area contributed by atoms with Gasteiger partial charge in [-0.15, -0.1) is 0 Å². The first-order valence-corrected chi connectivity index (χ1v) is 10.5. The average molecular weight is 390 g/mol. The monoisotopic (exact) mass is 390 g/mol. The van der Waals surface area contributed by atoms with Gasteiger partial charge in [-0.1, -0.05) is 37.3 Å². The molecule has 144 valence electrons. The van der Waals surface area contributed by atoms with Gasteiger partial charge < -0.3 is 18.7 Å². The van der Waals surface area contributed by atoms with Gasteiger partial charge in [0.1, 0.15) is 18.2 Å². The molecule has 27 heavy (non-hydrogen) atoms. The molecule has 3 aromatic rings. The lowest BCUT2D eigenvalue weighted by atomic mass is 10.2. The Kier molecular flexibility index (Phi) is 6.34. The molecule has 2 aromatic heterocycles. The molecular weight excluding hydrogens is 367 g/mol. The summed E-state index contributed by atoms with van der Waals surface area (Å²) in [7, 11) is -3.84. The minimum atomic E-state index is -3.84. The van der Waals surface area contributed by atoms with E-state index >= 15 is 0 Å². The van der Waals surface area contributed by atoms with Crippen molar-refractivity contribution in [3.8, 4) is 0 Å². The number of hydrogen-bond donors (Lipinski definition) is 1. The van der Waals surface area contributed by atoms with E-state index in [0.717, 1.165) is 22.4 Å².